The van der Waals surface area contributed by atoms with Crippen LogP contribution in [-0.2, 0) is 4.74 Å². The highest BCUT2D eigenvalue weighted by Crippen LogP contribution is 2.21. The lowest BCUT2D eigenvalue weighted by Gasteiger charge is -2.30. The number of thiocarbonyl (C=S) groups is 1. The predicted octanol–water partition coefficient (Wildman–Crippen LogP) is 1.83. The van der Waals surface area contributed by atoms with Gasteiger partial charge in [0.15, 0.2) is 0 Å². The maximum Gasteiger partial charge on any atom is 0.106 e. The SMILES string of the molecule is CN1CCOC(CNc2cc(Br)ccc2C(N)=S)C1. The van der Waals surface area contributed by atoms with Crippen molar-refractivity contribution in [2.45, 2.75) is 6.10 Å². The number of anilines is 1. The van der Waals surface area contributed by atoms with Crippen molar-refractivity contribution in [1.82, 2.24) is 4.90 Å². The van der Waals surface area contributed by atoms with Gasteiger partial charge >= 0.3 is 0 Å². The van der Waals surface area contributed by atoms with E-state index in [2.05, 4.69) is 33.2 Å². The van der Waals surface area contributed by atoms with Gasteiger partial charge in [0.1, 0.15) is 4.99 Å². The normalized spacial score (nSPS) is 20.2. The quantitative estimate of drug-likeness (QED) is 0.817. The van der Waals surface area contributed by atoms with Gasteiger partial charge in [-0.3, -0.25) is 0 Å². The fourth-order valence-electron chi connectivity index (χ4n) is 2.09. The van der Waals surface area contributed by atoms with Gasteiger partial charge in [0.05, 0.1) is 12.7 Å². The van der Waals surface area contributed by atoms with Gasteiger partial charge in [-0.1, -0.05) is 28.1 Å². The molecule has 1 saturated heterocycles. The lowest BCUT2D eigenvalue weighted by Crippen LogP contribution is -2.43. The van der Waals surface area contributed by atoms with E-state index < -0.39 is 0 Å². The highest BCUT2D eigenvalue weighted by molar-refractivity contribution is 9.10. The largest absolute Gasteiger partial charge is 0.389 e. The third-order valence-electron chi connectivity index (χ3n) is 3.11. The molecule has 0 bridgehead atoms. The smallest absolute Gasteiger partial charge is 0.106 e. The van der Waals surface area contributed by atoms with Gasteiger partial charge in [0.2, 0.25) is 0 Å². The summed E-state index contributed by atoms with van der Waals surface area (Å²) in [7, 11) is 2.11. The molecule has 0 amide bonds. The lowest BCUT2D eigenvalue weighted by molar-refractivity contribution is -0.0117. The number of hydrogen-bond donors (Lipinski definition) is 2. The Balaban J connectivity index is 2.02. The lowest BCUT2D eigenvalue weighted by atomic mass is 10.1. The van der Waals surface area contributed by atoms with Crippen LogP contribution in [0.3, 0.4) is 0 Å². The van der Waals surface area contributed by atoms with Crippen molar-refractivity contribution in [3.63, 3.8) is 0 Å². The van der Waals surface area contributed by atoms with Crippen LogP contribution in [0.25, 0.3) is 0 Å². The van der Waals surface area contributed by atoms with Crippen molar-refractivity contribution < 1.29 is 4.74 Å². The van der Waals surface area contributed by atoms with Crippen LogP contribution in [0.5, 0.6) is 0 Å². The molecule has 3 N–H and O–H groups in total. The van der Waals surface area contributed by atoms with Gasteiger partial charge in [0.25, 0.3) is 0 Å². The second-order valence-corrected chi connectivity index (χ2v) is 6.05. The highest BCUT2D eigenvalue weighted by atomic mass is 79.9. The summed E-state index contributed by atoms with van der Waals surface area (Å²) in [5.41, 5.74) is 7.54. The highest BCUT2D eigenvalue weighted by Gasteiger charge is 2.17. The van der Waals surface area contributed by atoms with Crippen LogP contribution in [0.4, 0.5) is 5.69 Å². The minimum absolute atomic E-state index is 0.192. The molecule has 4 nitrogen and oxygen atoms in total. The van der Waals surface area contributed by atoms with Crippen LogP contribution < -0.4 is 11.1 Å². The molecule has 2 rings (SSSR count). The zero-order valence-corrected chi connectivity index (χ0v) is 13.3. The number of halogens is 1. The molecule has 1 aliphatic heterocycles. The first kappa shape index (κ1) is 14.7. The standard InChI is InChI=1S/C13H18BrN3OS/c1-17-4-5-18-10(8-17)7-16-12-6-9(14)2-3-11(12)13(15)19/h2-3,6,10,16H,4-5,7-8H2,1H3,(H2,15,19). The summed E-state index contributed by atoms with van der Waals surface area (Å²) in [6.07, 6.45) is 0.192. The first-order chi connectivity index (χ1) is 9.06. The monoisotopic (exact) mass is 343 g/mol. The number of morpholine rings is 1. The van der Waals surface area contributed by atoms with Crippen molar-refractivity contribution in [1.29, 1.82) is 0 Å². The number of likely N-dealkylation sites (N-methyl/N-ethyl adjacent to an activating group) is 1. The van der Waals surface area contributed by atoms with E-state index in [1.807, 2.05) is 18.2 Å². The number of hydrogen-bond acceptors (Lipinski definition) is 4. The number of benzene rings is 1. The van der Waals surface area contributed by atoms with Crippen molar-refractivity contribution in [3.05, 3.63) is 28.2 Å². The van der Waals surface area contributed by atoms with Gasteiger partial charge in [0, 0.05) is 35.4 Å². The summed E-state index contributed by atoms with van der Waals surface area (Å²) < 4.78 is 6.72. The molecule has 104 valence electrons. The number of nitrogens with two attached hydrogens (primary N) is 1. The van der Waals surface area contributed by atoms with Gasteiger partial charge < -0.3 is 20.7 Å². The molecule has 1 unspecified atom stereocenters. The fraction of sp³-hybridized carbons (Fsp3) is 0.462. The number of nitrogens with one attached hydrogen (secondary N) is 1. The van der Waals surface area contributed by atoms with Gasteiger partial charge in [-0.05, 0) is 25.2 Å². The number of rotatable bonds is 4. The summed E-state index contributed by atoms with van der Waals surface area (Å²) in [5.74, 6) is 0. The summed E-state index contributed by atoms with van der Waals surface area (Å²) in [5, 5.41) is 3.38. The molecular weight excluding hydrogens is 326 g/mol. The van der Waals surface area contributed by atoms with Crippen LogP contribution in [0.15, 0.2) is 22.7 Å². The minimum Gasteiger partial charge on any atom is -0.389 e. The summed E-state index contributed by atoms with van der Waals surface area (Å²) in [6.45, 7) is 3.45. The molecule has 0 radical (unpaired) electrons. The molecular formula is C13H18BrN3OS. The Hall–Kier alpha value is -0.690. The Labute approximate surface area is 127 Å². The second kappa shape index (κ2) is 6.65. The molecule has 0 spiro atoms. The van der Waals surface area contributed by atoms with E-state index in [-0.39, 0.29) is 6.10 Å². The zero-order chi connectivity index (χ0) is 13.8. The Morgan fingerprint density at radius 1 is 1.63 bits per heavy atom. The maximum atomic E-state index is 5.73. The van der Waals surface area contributed by atoms with E-state index in [4.69, 9.17) is 22.7 Å². The maximum absolute atomic E-state index is 5.73. The van der Waals surface area contributed by atoms with E-state index in [9.17, 15) is 0 Å². The summed E-state index contributed by atoms with van der Waals surface area (Å²) in [6, 6.07) is 5.84. The van der Waals surface area contributed by atoms with Crippen LogP contribution in [-0.4, -0.2) is 49.3 Å². The van der Waals surface area contributed by atoms with Crippen molar-refractivity contribution in [2.24, 2.45) is 5.73 Å². The molecule has 1 aromatic carbocycles. The van der Waals surface area contributed by atoms with Crippen molar-refractivity contribution in [3.8, 4) is 0 Å². The minimum atomic E-state index is 0.192. The van der Waals surface area contributed by atoms with Gasteiger partial charge in [-0.15, -0.1) is 0 Å². The van der Waals surface area contributed by atoms with Crippen molar-refractivity contribution >= 4 is 38.8 Å². The Kier molecular flexibility index (Phi) is 5.15. The molecule has 1 fully saturated rings. The second-order valence-electron chi connectivity index (χ2n) is 4.69. The third kappa shape index (κ3) is 4.14. The number of ether oxygens (including phenoxy) is 1. The molecule has 1 aliphatic rings. The molecule has 19 heavy (non-hydrogen) atoms. The Bertz CT molecular complexity index is 469. The first-order valence-corrected chi connectivity index (χ1v) is 7.40. The van der Waals surface area contributed by atoms with Crippen LogP contribution >= 0.6 is 28.1 Å². The van der Waals surface area contributed by atoms with Crippen molar-refractivity contribution in [2.75, 3.05) is 38.6 Å². The topological polar surface area (TPSA) is 50.5 Å². The molecule has 0 aliphatic carbocycles. The zero-order valence-electron chi connectivity index (χ0n) is 10.9. The molecule has 0 saturated carbocycles. The molecule has 1 aromatic rings. The average Bonchev–Trinajstić information content (AvgIpc) is 2.36. The van der Waals surface area contributed by atoms with Gasteiger partial charge in [-0.25, -0.2) is 0 Å². The third-order valence-corrected chi connectivity index (χ3v) is 3.82. The van der Waals surface area contributed by atoms with Crippen LogP contribution in [0.1, 0.15) is 5.56 Å². The molecule has 0 aromatic heterocycles. The average molecular weight is 344 g/mol. The number of nitrogens with zero attached hydrogens (tertiary/aromatic N) is 1. The Morgan fingerprint density at radius 3 is 3.11 bits per heavy atom. The Morgan fingerprint density at radius 2 is 2.42 bits per heavy atom. The van der Waals surface area contributed by atoms with E-state index in [1.165, 1.54) is 0 Å². The molecule has 1 heterocycles. The molecule has 6 heteroatoms. The fourth-order valence-corrected chi connectivity index (χ4v) is 2.63. The summed E-state index contributed by atoms with van der Waals surface area (Å²) in [4.78, 5) is 2.67. The van der Waals surface area contributed by atoms with E-state index in [0.717, 1.165) is 42.0 Å². The molecule has 1 atom stereocenters. The van der Waals surface area contributed by atoms with E-state index in [1.54, 1.807) is 0 Å². The van der Waals surface area contributed by atoms with Gasteiger partial charge in [-0.2, -0.15) is 0 Å². The van der Waals surface area contributed by atoms with Crippen LogP contribution in [0.2, 0.25) is 0 Å². The predicted molar refractivity (Wildman–Crippen MR) is 85.8 cm³/mol. The summed E-state index contributed by atoms with van der Waals surface area (Å²) >= 11 is 8.52. The van der Waals surface area contributed by atoms with Crippen LogP contribution in [0, 0.1) is 0 Å². The first-order valence-electron chi connectivity index (χ1n) is 6.19. The van der Waals surface area contributed by atoms with E-state index >= 15 is 0 Å². The van der Waals surface area contributed by atoms with E-state index in [0.29, 0.717) is 4.99 Å².